The molecule has 2 atom stereocenters. The monoisotopic (exact) mass is 265 g/mol. The Balaban J connectivity index is 2.87. The molecule has 0 amide bonds. The van der Waals surface area contributed by atoms with E-state index in [4.69, 9.17) is 9.47 Å². The van der Waals surface area contributed by atoms with E-state index in [0.717, 1.165) is 17.9 Å². The van der Waals surface area contributed by atoms with Gasteiger partial charge in [0.05, 0.1) is 13.2 Å². The van der Waals surface area contributed by atoms with Crippen molar-refractivity contribution in [3.05, 3.63) is 23.8 Å². The van der Waals surface area contributed by atoms with Gasteiger partial charge in [0.1, 0.15) is 0 Å². The molecule has 1 aromatic carbocycles. The highest BCUT2D eigenvalue weighted by atomic mass is 16.5. The summed E-state index contributed by atoms with van der Waals surface area (Å²) in [7, 11) is 2.00. The van der Waals surface area contributed by atoms with Crippen molar-refractivity contribution in [2.45, 2.75) is 46.1 Å². The zero-order valence-electron chi connectivity index (χ0n) is 12.8. The second-order valence-corrected chi connectivity index (χ2v) is 4.90. The van der Waals surface area contributed by atoms with Crippen LogP contribution in [0, 0.1) is 0 Å². The van der Waals surface area contributed by atoms with Crippen LogP contribution >= 0.6 is 0 Å². The van der Waals surface area contributed by atoms with E-state index in [0.29, 0.717) is 25.2 Å². The molecule has 0 aliphatic heterocycles. The van der Waals surface area contributed by atoms with Gasteiger partial charge in [-0.3, -0.25) is 0 Å². The van der Waals surface area contributed by atoms with E-state index in [1.807, 2.05) is 27.0 Å². The summed E-state index contributed by atoms with van der Waals surface area (Å²) < 4.78 is 11.3. The molecule has 3 heteroatoms. The lowest BCUT2D eigenvalue weighted by Crippen LogP contribution is -2.22. The summed E-state index contributed by atoms with van der Waals surface area (Å²) in [5.74, 6) is 2.19. The van der Waals surface area contributed by atoms with Crippen LogP contribution in [0.4, 0.5) is 0 Å². The lowest BCUT2D eigenvalue weighted by Gasteiger charge is -2.19. The van der Waals surface area contributed by atoms with Gasteiger partial charge in [-0.05, 0) is 57.9 Å². The fourth-order valence-corrected chi connectivity index (χ4v) is 2.16. The first-order valence-corrected chi connectivity index (χ1v) is 7.19. The average molecular weight is 265 g/mol. The van der Waals surface area contributed by atoms with E-state index in [9.17, 15) is 0 Å². The van der Waals surface area contributed by atoms with Gasteiger partial charge in [-0.15, -0.1) is 0 Å². The van der Waals surface area contributed by atoms with E-state index in [1.54, 1.807) is 0 Å². The van der Waals surface area contributed by atoms with Gasteiger partial charge in [0.2, 0.25) is 0 Å². The summed E-state index contributed by atoms with van der Waals surface area (Å²) in [6, 6.07) is 6.78. The molecule has 0 aromatic heterocycles. The van der Waals surface area contributed by atoms with Crippen LogP contribution in [0.5, 0.6) is 11.5 Å². The highest BCUT2D eigenvalue weighted by Gasteiger charge is 2.13. The fraction of sp³-hybridized carbons (Fsp3) is 0.625. The van der Waals surface area contributed by atoms with Crippen molar-refractivity contribution >= 4 is 0 Å². The Bertz CT molecular complexity index is 379. The van der Waals surface area contributed by atoms with Gasteiger partial charge >= 0.3 is 0 Å². The fourth-order valence-electron chi connectivity index (χ4n) is 2.16. The van der Waals surface area contributed by atoms with Gasteiger partial charge in [0.15, 0.2) is 11.5 Å². The summed E-state index contributed by atoms with van der Waals surface area (Å²) in [6.07, 6.45) is 1.11. The van der Waals surface area contributed by atoms with Crippen molar-refractivity contribution in [3.8, 4) is 11.5 Å². The van der Waals surface area contributed by atoms with Gasteiger partial charge in [-0.25, -0.2) is 0 Å². The molecule has 1 rings (SSSR count). The molecule has 0 spiro atoms. The van der Waals surface area contributed by atoms with Crippen molar-refractivity contribution in [2.24, 2.45) is 0 Å². The lowest BCUT2D eigenvalue weighted by molar-refractivity contribution is 0.287. The summed E-state index contributed by atoms with van der Waals surface area (Å²) in [6.45, 7) is 9.75. The molecular weight excluding hydrogens is 238 g/mol. The van der Waals surface area contributed by atoms with Crippen molar-refractivity contribution in [2.75, 3.05) is 20.3 Å². The third-order valence-electron chi connectivity index (χ3n) is 3.34. The number of rotatable bonds is 8. The van der Waals surface area contributed by atoms with Crippen molar-refractivity contribution in [3.63, 3.8) is 0 Å². The minimum Gasteiger partial charge on any atom is -0.490 e. The molecule has 0 aliphatic rings. The van der Waals surface area contributed by atoms with E-state index >= 15 is 0 Å². The predicted octanol–water partition coefficient (Wildman–Crippen LogP) is 3.59. The number of nitrogens with one attached hydrogen (secondary N) is 1. The smallest absolute Gasteiger partial charge is 0.161 e. The Morgan fingerprint density at radius 2 is 1.68 bits per heavy atom. The molecule has 0 bridgehead atoms. The molecule has 1 aromatic rings. The summed E-state index contributed by atoms with van der Waals surface area (Å²) in [5, 5.41) is 3.28. The quantitative estimate of drug-likeness (QED) is 0.779. The normalized spacial score (nSPS) is 13.9. The summed E-state index contributed by atoms with van der Waals surface area (Å²) in [4.78, 5) is 0. The summed E-state index contributed by atoms with van der Waals surface area (Å²) in [5.41, 5.74) is 1.30. The lowest BCUT2D eigenvalue weighted by atomic mass is 9.94. The molecule has 0 fully saturated rings. The molecule has 0 aliphatic carbocycles. The van der Waals surface area contributed by atoms with Gasteiger partial charge in [0.25, 0.3) is 0 Å². The average Bonchev–Trinajstić information content (AvgIpc) is 2.41. The maximum absolute atomic E-state index is 5.67. The molecular formula is C16H27NO2. The minimum absolute atomic E-state index is 0.498. The molecule has 3 nitrogen and oxygen atoms in total. The number of hydrogen-bond acceptors (Lipinski definition) is 3. The molecule has 0 saturated carbocycles. The number of benzene rings is 1. The molecule has 0 saturated heterocycles. The van der Waals surface area contributed by atoms with Crippen molar-refractivity contribution < 1.29 is 9.47 Å². The van der Waals surface area contributed by atoms with Crippen LogP contribution in [-0.4, -0.2) is 26.3 Å². The maximum Gasteiger partial charge on any atom is 0.161 e. The molecule has 108 valence electrons. The predicted molar refractivity (Wildman–Crippen MR) is 80.3 cm³/mol. The van der Waals surface area contributed by atoms with E-state index < -0.39 is 0 Å². The van der Waals surface area contributed by atoms with Crippen LogP contribution in [0.15, 0.2) is 18.2 Å². The Kier molecular flexibility index (Phi) is 6.71. The van der Waals surface area contributed by atoms with Gasteiger partial charge < -0.3 is 14.8 Å². The third-order valence-corrected chi connectivity index (χ3v) is 3.34. The second-order valence-electron chi connectivity index (χ2n) is 4.90. The SMILES string of the molecule is CCOc1ccc(C(C)CC(C)NC)cc1OCC. The Morgan fingerprint density at radius 1 is 1.05 bits per heavy atom. The van der Waals surface area contributed by atoms with Crippen molar-refractivity contribution in [1.82, 2.24) is 5.32 Å². The largest absolute Gasteiger partial charge is 0.490 e. The summed E-state index contributed by atoms with van der Waals surface area (Å²) >= 11 is 0. The number of hydrogen-bond donors (Lipinski definition) is 1. The molecule has 0 heterocycles. The topological polar surface area (TPSA) is 30.5 Å². The molecule has 1 N–H and O–H groups in total. The van der Waals surface area contributed by atoms with E-state index in [1.165, 1.54) is 5.56 Å². The van der Waals surface area contributed by atoms with Crippen molar-refractivity contribution in [1.29, 1.82) is 0 Å². The minimum atomic E-state index is 0.498. The van der Waals surface area contributed by atoms with Gasteiger partial charge in [0, 0.05) is 6.04 Å². The third kappa shape index (κ3) is 4.75. The van der Waals surface area contributed by atoms with Crippen LogP contribution in [0.25, 0.3) is 0 Å². The highest BCUT2D eigenvalue weighted by Crippen LogP contribution is 2.32. The van der Waals surface area contributed by atoms with Crippen LogP contribution < -0.4 is 14.8 Å². The Hall–Kier alpha value is -1.22. The van der Waals surface area contributed by atoms with E-state index in [-0.39, 0.29) is 0 Å². The first kappa shape index (κ1) is 15.8. The zero-order chi connectivity index (χ0) is 14.3. The Labute approximate surface area is 117 Å². The number of ether oxygens (including phenoxy) is 2. The van der Waals surface area contributed by atoms with Crippen LogP contribution in [-0.2, 0) is 0 Å². The first-order chi connectivity index (χ1) is 9.12. The molecule has 2 unspecified atom stereocenters. The van der Waals surface area contributed by atoms with Crippen LogP contribution in [0.2, 0.25) is 0 Å². The van der Waals surface area contributed by atoms with Crippen LogP contribution in [0.1, 0.15) is 45.6 Å². The zero-order valence-corrected chi connectivity index (χ0v) is 12.8. The first-order valence-electron chi connectivity index (χ1n) is 7.19. The van der Waals surface area contributed by atoms with Crippen LogP contribution in [0.3, 0.4) is 0 Å². The second kappa shape index (κ2) is 8.05. The standard InChI is InChI=1S/C16H27NO2/c1-6-18-15-9-8-14(11-16(15)19-7-2)12(3)10-13(4)17-5/h8-9,11-13,17H,6-7,10H2,1-5H3. The maximum atomic E-state index is 5.67. The molecule has 0 radical (unpaired) electrons. The highest BCUT2D eigenvalue weighted by molar-refractivity contribution is 5.44. The molecule has 19 heavy (non-hydrogen) atoms. The van der Waals surface area contributed by atoms with E-state index in [2.05, 4.69) is 31.3 Å². The Morgan fingerprint density at radius 3 is 2.26 bits per heavy atom. The van der Waals surface area contributed by atoms with Gasteiger partial charge in [-0.2, -0.15) is 0 Å². The van der Waals surface area contributed by atoms with Gasteiger partial charge in [-0.1, -0.05) is 13.0 Å².